The Bertz CT molecular complexity index is 7090. The van der Waals surface area contributed by atoms with Crippen LogP contribution < -0.4 is 19.7 Å². The lowest BCUT2D eigenvalue weighted by atomic mass is 9.66. The van der Waals surface area contributed by atoms with E-state index in [0.29, 0.717) is 5.02 Å². The minimum Gasteiger partial charge on any atom is -0.457 e. The molecule has 7 heteroatoms. The van der Waals surface area contributed by atoms with Crippen LogP contribution in [0.1, 0.15) is 44.5 Å². The van der Waals surface area contributed by atoms with Crippen molar-refractivity contribution in [2.45, 2.75) is 10.8 Å². The summed E-state index contributed by atoms with van der Waals surface area (Å²) in [6.45, 7) is 0. The fourth-order valence-corrected chi connectivity index (χ4v) is 18.7. The Labute approximate surface area is 657 Å². The Morgan fingerprint density at radius 2 is 0.628 bits per heavy atom. The van der Waals surface area contributed by atoms with E-state index in [4.69, 9.17) is 29.9 Å². The van der Waals surface area contributed by atoms with E-state index in [9.17, 15) is 0 Å². The number of fused-ring (bicyclic) bond motifs is 26. The first-order valence-corrected chi connectivity index (χ1v) is 38.7. The monoisotopic (exact) mass is 1470 g/mol. The second-order valence-electron chi connectivity index (χ2n) is 29.4. The normalized spacial score (nSPS) is 13.1. The topological polar surface area (TPSA) is 60.0 Å². The molecule has 2 spiro atoms. The molecule has 2 aliphatic heterocycles. The second-order valence-corrected chi connectivity index (χ2v) is 29.9. The molecule has 1 N–H and O–H groups in total. The van der Waals surface area contributed by atoms with Crippen LogP contribution >= 0.6 is 11.6 Å². The van der Waals surface area contributed by atoms with Gasteiger partial charge in [-0.15, -0.1) is 0 Å². The Balaban J connectivity index is 0.000000116. The number of benzene rings is 18. The molecule has 2 aromatic heterocycles. The van der Waals surface area contributed by atoms with Crippen molar-refractivity contribution in [3.8, 4) is 67.5 Å². The summed E-state index contributed by atoms with van der Waals surface area (Å²) in [6, 6.07) is 141. The molecule has 0 unspecified atom stereocenters. The third kappa shape index (κ3) is 10.5. The number of nitrogens with one attached hydrogen (secondary N) is 1. The van der Waals surface area contributed by atoms with E-state index < -0.39 is 10.8 Å². The molecule has 4 aliphatic rings. The van der Waals surface area contributed by atoms with Gasteiger partial charge in [0.2, 0.25) is 0 Å². The van der Waals surface area contributed by atoms with Crippen LogP contribution in [0.25, 0.3) is 110 Å². The van der Waals surface area contributed by atoms with Gasteiger partial charge in [0, 0.05) is 61.2 Å². The molecular formula is C106H67ClN2O4. The molecule has 0 fully saturated rings. The van der Waals surface area contributed by atoms with E-state index in [2.05, 4.69) is 362 Å². The molecule has 0 amide bonds. The lowest BCUT2D eigenvalue weighted by Crippen LogP contribution is -2.32. The zero-order chi connectivity index (χ0) is 74.7. The first-order valence-electron chi connectivity index (χ1n) is 38.3. The molecule has 532 valence electrons. The van der Waals surface area contributed by atoms with E-state index in [1.807, 2.05) is 48.5 Å². The summed E-state index contributed by atoms with van der Waals surface area (Å²) < 4.78 is 26.2. The average molecular weight is 1470 g/mol. The number of hydrogen-bond acceptors (Lipinski definition) is 6. The largest absolute Gasteiger partial charge is 0.457 e. The summed E-state index contributed by atoms with van der Waals surface area (Å²) in [4.78, 5) is 2.36. The first-order chi connectivity index (χ1) is 55.9. The molecule has 18 aromatic carbocycles. The number of nitrogens with zero attached hydrogens (tertiary/aromatic N) is 1. The van der Waals surface area contributed by atoms with Crippen molar-refractivity contribution in [3.05, 3.63) is 450 Å². The molecule has 2 aliphatic carbocycles. The quantitative estimate of drug-likeness (QED) is 0.172. The number of hydrogen-bond donors (Lipinski definition) is 1. The molecule has 0 saturated heterocycles. The van der Waals surface area contributed by atoms with Crippen molar-refractivity contribution in [1.82, 2.24) is 0 Å². The second kappa shape index (κ2) is 26.4. The molecule has 0 saturated carbocycles. The van der Waals surface area contributed by atoms with Crippen LogP contribution in [0.4, 0.5) is 28.4 Å². The molecule has 20 aromatic rings. The van der Waals surface area contributed by atoms with Gasteiger partial charge in [0.25, 0.3) is 0 Å². The smallest absolute Gasteiger partial charge is 0.137 e. The van der Waals surface area contributed by atoms with Crippen LogP contribution in [0.2, 0.25) is 5.02 Å². The first kappa shape index (κ1) is 65.6. The fourth-order valence-electron chi connectivity index (χ4n) is 18.4. The van der Waals surface area contributed by atoms with E-state index in [1.54, 1.807) is 0 Å². The highest BCUT2D eigenvalue weighted by molar-refractivity contribution is 6.37. The molecule has 6 nitrogen and oxygen atoms in total. The van der Waals surface area contributed by atoms with Crippen LogP contribution in [-0.4, -0.2) is 0 Å². The third-order valence-electron chi connectivity index (χ3n) is 23.3. The highest BCUT2D eigenvalue weighted by atomic mass is 35.5. The fraction of sp³-hybridized carbons (Fsp3) is 0.0189. The van der Waals surface area contributed by atoms with Gasteiger partial charge in [-0.1, -0.05) is 279 Å². The molecule has 0 bridgehead atoms. The molecule has 113 heavy (non-hydrogen) atoms. The summed E-state index contributed by atoms with van der Waals surface area (Å²) in [5.74, 6) is 3.53. The van der Waals surface area contributed by atoms with Gasteiger partial charge in [0.15, 0.2) is 0 Å². The van der Waals surface area contributed by atoms with Gasteiger partial charge >= 0.3 is 0 Å². The zero-order valence-corrected chi connectivity index (χ0v) is 61.8. The van der Waals surface area contributed by atoms with Crippen molar-refractivity contribution < 1.29 is 18.3 Å². The number of halogens is 1. The van der Waals surface area contributed by atoms with Crippen molar-refractivity contribution in [2.24, 2.45) is 0 Å². The third-order valence-corrected chi connectivity index (χ3v) is 23.7. The van der Waals surface area contributed by atoms with Crippen LogP contribution in [0.15, 0.2) is 409 Å². The summed E-state index contributed by atoms with van der Waals surface area (Å²) in [6.07, 6.45) is 0. The van der Waals surface area contributed by atoms with Crippen molar-refractivity contribution in [3.63, 3.8) is 0 Å². The average Bonchev–Trinajstić information content (AvgIpc) is 1.53. The maximum atomic E-state index is 6.90. The van der Waals surface area contributed by atoms with E-state index in [-0.39, 0.29) is 0 Å². The van der Waals surface area contributed by atoms with Gasteiger partial charge in [-0.25, -0.2) is 0 Å². The standard InChI is InChI=1S/C53H33NO2.C31H17ClO2.C22H17N/c1-2-15-38(16-3-1)54(39-29-27-35(28-30-39)37-26-25-34-13-4-5-14-36(34)31-37)47-21-12-24-50-52(47)42-32-41-40-17-6-7-18-43(40)53(46(41)33-51(42)56-50)44-19-8-10-22-48(44)55-49-23-11-9-20-45(49)53;32-25-12-7-15-28-30(25)20-16-19-18-8-1-2-9-21(18)31(24(19)17-29(20)34-28)22-10-3-5-13-26(22)33-27-14-6-4-11-23(27)31;1-2-8-21(9-3-1)23-22-14-12-18(13-15-22)20-11-10-17-6-4-5-7-19(17)16-20/h1-33H;1-17H;1-16,23H. The number of para-hydroxylation sites is 6. The van der Waals surface area contributed by atoms with Crippen LogP contribution in [0, 0.1) is 0 Å². The highest BCUT2D eigenvalue weighted by Crippen LogP contribution is 2.65. The minimum absolute atomic E-state index is 0.492. The highest BCUT2D eigenvalue weighted by Gasteiger charge is 2.53. The van der Waals surface area contributed by atoms with Crippen LogP contribution in [-0.2, 0) is 10.8 Å². The van der Waals surface area contributed by atoms with E-state index >= 15 is 0 Å². The predicted octanol–water partition coefficient (Wildman–Crippen LogP) is 29.3. The number of ether oxygens (including phenoxy) is 2. The number of rotatable bonds is 7. The maximum absolute atomic E-state index is 6.90. The van der Waals surface area contributed by atoms with Crippen molar-refractivity contribution >= 4 is 105 Å². The van der Waals surface area contributed by atoms with Gasteiger partial charge in [-0.05, 0) is 222 Å². The van der Waals surface area contributed by atoms with E-state index in [1.165, 1.54) is 88.3 Å². The lowest BCUT2D eigenvalue weighted by molar-refractivity contribution is 0.436. The SMILES string of the molecule is Clc1cccc2oc3cc4c(cc3c12)-c1ccccc1C41c2ccccc2Oc2ccccc21.c1ccc(N(c2ccc(-c3ccc4ccccc4c3)cc2)c2cccc3oc4cc5c(cc4c23)-c2ccccc2C52c3ccccc3Oc3ccccc32)cc1.c1ccc(Nc2ccc(-c3ccc4ccccc4c3)cc2)cc1. The molecule has 0 radical (unpaired) electrons. The molecule has 4 heterocycles. The Hall–Kier alpha value is -14.4. The van der Waals surface area contributed by atoms with Gasteiger partial charge in [0.05, 0.1) is 26.9 Å². The molecular weight excluding hydrogens is 1400 g/mol. The molecule has 0 atom stereocenters. The summed E-state index contributed by atoms with van der Waals surface area (Å²) in [5.41, 5.74) is 27.0. The Morgan fingerprint density at radius 3 is 1.13 bits per heavy atom. The maximum Gasteiger partial charge on any atom is 0.137 e. The summed E-state index contributed by atoms with van der Waals surface area (Å²) in [7, 11) is 0. The Kier molecular flexibility index (Phi) is 15.3. The van der Waals surface area contributed by atoms with Crippen LogP contribution in [0.5, 0.6) is 23.0 Å². The van der Waals surface area contributed by atoms with Gasteiger partial charge in [-0.2, -0.15) is 0 Å². The van der Waals surface area contributed by atoms with Crippen molar-refractivity contribution in [1.29, 1.82) is 0 Å². The minimum atomic E-state index is -0.559. The van der Waals surface area contributed by atoms with Gasteiger partial charge < -0.3 is 28.5 Å². The van der Waals surface area contributed by atoms with Crippen molar-refractivity contribution in [2.75, 3.05) is 10.2 Å². The van der Waals surface area contributed by atoms with E-state index in [0.717, 1.165) is 118 Å². The predicted molar refractivity (Wildman–Crippen MR) is 464 cm³/mol. The zero-order valence-electron chi connectivity index (χ0n) is 61.1. The summed E-state index contributed by atoms with van der Waals surface area (Å²) >= 11 is 6.63. The molecule has 24 rings (SSSR count). The summed E-state index contributed by atoms with van der Waals surface area (Å²) in [5, 5.41) is 13.3. The van der Waals surface area contributed by atoms with Gasteiger partial charge in [-0.3, -0.25) is 0 Å². The lowest BCUT2D eigenvalue weighted by Gasteiger charge is -2.39. The number of furan rings is 2. The number of anilines is 5. The van der Waals surface area contributed by atoms with Crippen LogP contribution in [0.3, 0.4) is 0 Å². The Morgan fingerprint density at radius 1 is 0.248 bits per heavy atom. The van der Waals surface area contributed by atoms with Gasteiger partial charge in [0.1, 0.15) is 45.3 Å².